The molecule has 4 heteroatoms. The van der Waals surface area contributed by atoms with Crippen molar-refractivity contribution in [1.29, 1.82) is 0 Å². The molecule has 2 heterocycles. The summed E-state index contributed by atoms with van der Waals surface area (Å²) in [5, 5.41) is 10.2. The van der Waals surface area contributed by atoms with Gasteiger partial charge in [0.25, 0.3) is 0 Å². The van der Waals surface area contributed by atoms with E-state index in [4.69, 9.17) is 4.42 Å². The molecule has 0 unspecified atom stereocenters. The Morgan fingerprint density at radius 3 is 2.63 bits per heavy atom. The number of furan rings is 1. The van der Waals surface area contributed by atoms with Crippen LogP contribution < -0.4 is 5.32 Å². The molecule has 0 fully saturated rings. The van der Waals surface area contributed by atoms with Gasteiger partial charge in [-0.15, -0.1) is 0 Å². The van der Waals surface area contributed by atoms with Gasteiger partial charge < -0.3 is 9.73 Å². The van der Waals surface area contributed by atoms with E-state index >= 15 is 0 Å². The van der Waals surface area contributed by atoms with Crippen molar-refractivity contribution in [2.24, 2.45) is 0 Å². The smallest absolute Gasteiger partial charge is 0.125 e. The van der Waals surface area contributed by atoms with E-state index in [1.54, 1.807) is 12.5 Å². The maximum absolute atomic E-state index is 5.39. The molecule has 4 nitrogen and oxygen atoms in total. The molecule has 1 aromatic carbocycles. The van der Waals surface area contributed by atoms with Gasteiger partial charge in [0, 0.05) is 11.9 Å². The first kappa shape index (κ1) is 11.6. The van der Waals surface area contributed by atoms with Gasteiger partial charge in [-0.25, -0.2) is 0 Å². The van der Waals surface area contributed by atoms with Crippen LogP contribution in [0.4, 0.5) is 5.69 Å². The molecule has 3 aromatic rings. The van der Waals surface area contributed by atoms with E-state index in [1.807, 2.05) is 19.1 Å². The highest BCUT2D eigenvalue weighted by atomic mass is 16.3. The summed E-state index contributed by atoms with van der Waals surface area (Å²) in [4.78, 5) is 0. The zero-order chi connectivity index (χ0) is 13.1. The van der Waals surface area contributed by atoms with Crippen LogP contribution in [-0.4, -0.2) is 10.2 Å². The normalized spacial score (nSPS) is 10.6. The summed E-state index contributed by atoms with van der Waals surface area (Å²) in [6, 6.07) is 12.1. The van der Waals surface area contributed by atoms with Gasteiger partial charge in [0.2, 0.25) is 0 Å². The maximum atomic E-state index is 5.39. The molecule has 0 aliphatic rings. The van der Waals surface area contributed by atoms with Crippen molar-refractivity contribution in [1.82, 2.24) is 10.2 Å². The first-order chi connectivity index (χ1) is 9.33. The van der Waals surface area contributed by atoms with Crippen LogP contribution in [0.5, 0.6) is 0 Å². The Kier molecular flexibility index (Phi) is 3.06. The minimum atomic E-state index is 0.697. The number of H-pyrrole nitrogens is 1. The number of rotatable bonds is 4. The summed E-state index contributed by atoms with van der Waals surface area (Å²) < 4.78 is 5.39. The maximum Gasteiger partial charge on any atom is 0.125 e. The summed E-state index contributed by atoms with van der Waals surface area (Å²) in [5.74, 6) is 0.970. The fraction of sp³-hybridized carbons (Fsp3) is 0.133. The van der Waals surface area contributed by atoms with Crippen molar-refractivity contribution in [3.63, 3.8) is 0 Å². The second kappa shape index (κ2) is 5.02. The van der Waals surface area contributed by atoms with Crippen molar-refractivity contribution in [2.45, 2.75) is 13.5 Å². The Balaban J connectivity index is 1.68. The molecule has 0 aliphatic carbocycles. The molecule has 0 atom stereocenters. The predicted molar refractivity (Wildman–Crippen MR) is 74.8 cm³/mol. The lowest BCUT2D eigenvalue weighted by molar-refractivity contribution is 0.515. The quantitative estimate of drug-likeness (QED) is 0.747. The van der Waals surface area contributed by atoms with Crippen LogP contribution in [0, 0.1) is 6.92 Å². The van der Waals surface area contributed by atoms with Crippen molar-refractivity contribution >= 4 is 5.69 Å². The summed E-state index contributed by atoms with van der Waals surface area (Å²) in [7, 11) is 0. The predicted octanol–water partition coefficient (Wildman–Crippen LogP) is 3.59. The van der Waals surface area contributed by atoms with Crippen molar-refractivity contribution in [2.75, 3.05) is 5.32 Å². The minimum Gasteiger partial charge on any atom is -0.467 e. The highest BCUT2D eigenvalue weighted by molar-refractivity contribution is 5.62. The van der Waals surface area contributed by atoms with Gasteiger partial charge in [-0.1, -0.05) is 12.1 Å². The summed E-state index contributed by atoms with van der Waals surface area (Å²) >= 11 is 0. The molecule has 3 rings (SSSR count). The van der Waals surface area contributed by atoms with Crippen LogP contribution in [0.3, 0.4) is 0 Å². The molecule has 0 bridgehead atoms. The molecule has 0 radical (unpaired) electrons. The highest BCUT2D eigenvalue weighted by Gasteiger charge is 2.02. The van der Waals surface area contributed by atoms with E-state index in [1.165, 1.54) is 5.56 Å². The van der Waals surface area contributed by atoms with Gasteiger partial charge in [-0.3, -0.25) is 5.10 Å². The van der Waals surface area contributed by atoms with Gasteiger partial charge >= 0.3 is 0 Å². The molecule has 19 heavy (non-hydrogen) atoms. The lowest BCUT2D eigenvalue weighted by Crippen LogP contribution is -1.99. The molecule has 0 spiro atoms. The van der Waals surface area contributed by atoms with Crippen LogP contribution in [0.25, 0.3) is 11.3 Å². The van der Waals surface area contributed by atoms with E-state index in [9.17, 15) is 0 Å². The van der Waals surface area contributed by atoms with E-state index < -0.39 is 0 Å². The van der Waals surface area contributed by atoms with Crippen LogP contribution >= 0.6 is 0 Å². The Morgan fingerprint density at radius 1 is 1.16 bits per heavy atom. The number of hydrogen-bond donors (Lipinski definition) is 2. The largest absolute Gasteiger partial charge is 0.467 e. The lowest BCUT2D eigenvalue weighted by Gasteiger charge is -2.06. The number of aromatic nitrogens is 2. The fourth-order valence-electron chi connectivity index (χ4n) is 1.95. The summed E-state index contributed by atoms with van der Waals surface area (Å²) in [5.41, 5.74) is 4.38. The second-order valence-electron chi connectivity index (χ2n) is 4.43. The third-order valence-electron chi connectivity index (χ3n) is 3.12. The average Bonchev–Trinajstić information content (AvgIpc) is 3.09. The first-order valence-corrected chi connectivity index (χ1v) is 6.19. The van der Waals surface area contributed by atoms with E-state index in [0.717, 1.165) is 22.7 Å². The number of nitrogens with zero attached hydrogens (tertiary/aromatic N) is 1. The highest BCUT2D eigenvalue weighted by Crippen LogP contribution is 2.19. The fourth-order valence-corrected chi connectivity index (χ4v) is 1.95. The topological polar surface area (TPSA) is 53.9 Å². The number of anilines is 1. The molecule has 96 valence electrons. The van der Waals surface area contributed by atoms with Crippen LogP contribution in [0.2, 0.25) is 0 Å². The second-order valence-corrected chi connectivity index (χ2v) is 4.43. The number of hydrogen-bond acceptors (Lipinski definition) is 3. The Labute approximate surface area is 111 Å². The molecule has 2 N–H and O–H groups in total. The standard InChI is InChI=1S/C15H15N3O/c1-11-7-9-19-15(11)10-16-13-4-2-12(3-5-13)14-6-8-17-18-14/h2-9,16H,10H2,1H3,(H,17,18). The molecule has 0 saturated carbocycles. The van der Waals surface area contributed by atoms with E-state index in [2.05, 4.69) is 39.8 Å². The molecule has 0 saturated heterocycles. The van der Waals surface area contributed by atoms with Gasteiger partial charge in [-0.2, -0.15) is 5.10 Å². The number of aryl methyl sites for hydroxylation is 1. The van der Waals surface area contributed by atoms with E-state index in [0.29, 0.717) is 6.54 Å². The van der Waals surface area contributed by atoms with E-state index in [-0.39, 0.29) is 0 Å². The molecule has 2 aromatic heterocycles. The summed E-state index contributed by atoms with van der Waals surface area (Å²) in [6.45, 7) is 2.74. The van der Waals surface area contributed by atoms with Crippen molar-refractivity contribution in [3.8, 4) is 11.3 Å². The molecular weight excluding hydrogens is 238 g/mol. The number of aromatic amines is 1. The Bertz CT molecular complexity index is 638. The molecular formula is C15H15N3O. The third kappa shape index (κ3) is 2.52. The van der Waals surface area contributed by atoms with Gasteiger partial charge in [0.05, 0.1) is 18.5 Å². The van der Waals surface area contributed by atoms with Gasteiger partial charge in [-0.05, 0) is 42.3 Å². The van der Waals surface area contributed by atoms with Crippen LogP contribution in [-0.2, 0) is 6.54 Å². The summed E-state index contributed by atoms with van der Waals surface area (Å²) in [6.07, 6.45) is 3.47. The van der Waals surface area contributed by atoms with Crippen LogP contribution in [0.15, 0.2) is 53.3 Å². The minimum absolute atomic E-state index is 0.697. The average molecular weight is 253 g/mol. The molecule has 0 amide bonds. The first-order valence-electron chi connectivity index (χ1n) is 6.19. The van der Waals surface area contributed by atoms with Gasteiger partial charge in [0.1, 0.15) is 5.76 Å². The Morgan fingerprint density at radius 2 is 2.00 bits per heavy atom. The van der Waals surface area contributed by atoms with Crippen LogP contribution in [0.1, 0.15) is 11.3 Å². The van der Waals surface area contributed by atoms with Crippen molar-refractivity contribution < 1.29 is 4.42 Å². The monoisotopic (exact) mass is 253 g/mol. The lowest BCUT2D eigenvalue weighted by atomic mass is 10.1. The number of nitrogens with one attached hydrogen (secondary N) is 2. The van der Waals surface area contributed by atoms with Gasteiger partial charge in [0.15, 0.2) is 0 Å². The molecule has 0 aliphatic heterocycles. The SMILES string of the molecule is Cc1ccoc1CNc1ccc(-c2ccn[nH]2)cc1. The zero-order valence-electron chi connectivity index (χ0n) is 10.7. The Hall–Kier alpha value is -2.49. The third-order valence-corrected chi connectivity index (χ3v) is 3.12. The van der Waals surface area contributed by atoms with Crippen molar-refractivity contribution in [3.05, 3.63) is 60.2 Å². The number of benzene rings is 1. The zero-order valence-corrected chi connectivity index (χ0v) is 10.7.